The van der Waals surface area contributed by atoms with E-state index < -0.39 is 0 Å². The number of rotatable bonds is 5. The Morgan fingerprint density at radius 3 is 2.60 bits per heavy atom. The fourth-order valence-electron chi connectivity index (χ4n) is 2.57. The molecule has 2 aromatic carbocycles. The number of thioether (sulfide) groups is 1. The first-order valence-electron chi connectivity index (χ1n) is 8.04. The Bertz CT molecular complexity index is 885. The molecule has 3 rings (SSSR count). The lowest BCUT2D eigenvalue weighted by Crippen LogP contribution is -2.09. The van der Waals surface area contributed by atoms with E-state index in [1.165, 1.54) is 0 Å². The lowest BCUT2D eigenvalue weighted by molar-refractivity contribution is 0.0736. The van der Waals surface area contributed by atoms with Crippen molar-refractivity contribution < 1.29 is 9.53 Å². The van der Waals surface area contributed by atoms with Gasteiger partial charge >= 0.3 is 5.97 Å². The molecule has 1 aromatic heterocycles. The van der Waals surface area contributed by atoms with Crippen LogP contribution in [-0.2, 0) is 6.42 Å². The smallest absolute Gasteiger partial charge is 0.345 e. The maximum atomic E-state index is 12.7. The zero-order chi connectivity index (χ0) is 17.8. The molecule has 128 valence electrons. The van der Waals surface area contributed by atoms with Crippen LogP contribution in [0.15, 0.2) is 59.5 Å². The number of H-pyrrole nitrogens is 1. The number of nitrogens with two attached hydrogens (primary N) is 1. The van der Waals surface area contributed by atoms with Crippen molar-refractivity contribution in [3.05, 3.63) is 65.9 Å². The predicted molar refractivity (Wildman–Crippen MR) is 103 cm³/mol. The third-order valence-corrected chi connectivity index (χ3v) is 4.65. The molecule has 0 atom stereocenters. The second-order valence-corrected chi connectivity index (χ2v) is 6.51. The molecule has 0 amide bonds. The van der Waals surface area contributed by atoms with Gasteiger partial charge in [-0.15, -0.1) is 11.8 Å². The van der Waals surface area contributed by atoms with Gasteiger partial charge in [0.15, 0.2) is 0 Å². The highest BCUT2D eigenvalue weighted by atomic mass is 32.2. The maximum Gasteiger partial charge on any atom is 0.345 e. The second-order valence-electron chi connectivity index (χ2n) is 5.63. The highest BCUT2D eigenvalue weighted by Gasteiger charge is 2.19. The number of aromatic amines is 1. The zero-order valence-corrected chi connectivity index (χ0v) is 15.0. The number of carbonyl (C=O) groups excluding carboxylic acids is 1. The van der Waals surface area contributed by atoms with E-state index in [2.05, 4.69) is 11.1 Å². The van der Waals surface area contributed by atoms with E-state index in [1.54, 1.807) is 36.0 Å². The summed E-state index contributed by atoms with van der Waals surface area (Å²) in [6.07, 6.45) is 2.84. The van der Waals surface area contributed by atoms with Crippen molar-refractivity contribution in [1.82, 2.24) is 4.98 Å². The second kappa shape index (κ2) is 7.49. The van der Waals surface area contributed by atoms with Gasteiger partial charge in [-0.1, -0.05) is 19.1 Å². The molecule has 3 N–H and O–H groups in total. The summed E-state index contributed by atoms with van der Waals surface area (Å²) in [5.74, 6) is 0.0903. The van der Waals surface area contributed by atoms with Gasteiger partial charge in [-0.05, 0) is 60.7 Å². The number of hydrogen-bond acceptors (Lipinski definition) is 4. The first kappa shape index (κ1) is 17.2. The molecular weight excluding hydrogens is 332 g/mol. The fourth-order valence-corrected chi connectivity index (χ4v) is 3.03. The average molecular weight is 352 g/mol. The van der Waals surface area contributed by atoms with Crippen LogP contribution in [0.1, 0.15) is 23.0 Å². The predicted octanol–water partition coefficient (Wildman–Crippen LogP) is 4.77. The molecule has 4 nitrogen and oxygen atoms in total. The van der Waals surface area contributed by atoms with E-state index in [-0.39, 0.29) is 5.97 Å². The summed E-state index contributed by atoms with van der Waals surface area (Å²) in [5, 5.41) is 0. The Kier molecular flexibility index (Phi) is 5.14. The Balaban J connectivity index is 1.96. The Labute approximate surface area is 151 Å². The van der Waals surface area contributed by atoms with Crippen molar-refractivity contribution in [1.29, 1.82) is 0 Å². The van der Waals surface area contributed by atoms with Crippen molar-refractivity contribution in [2.75, 3.05) is 12.0 Å². The number of nitrogens with one attached hydrogen (secondary N) is 1. The minimum absolute atomic E-state index is 0.384. The molecule has 3 aromatic rings. The van der Waals surface area contributed by atoms with Crippen LogP contribution in [0.3, 0.4) is 0 Å². The molecule has 25 heavy (non-hydrogen) atoms. The van der Waals surface area contributed by atoms with Crippen molar-refractivity contribution in [2.24, 2.45) is 0 Å². The van der Waals surface area contributed by atoms with Gasteiger partial charge in [-0.3, -0.25) is 0 Å². The number of hydrogen-bond donors (Lipinski definition) is 2. The van der Waals surface area contributed by atoms with Crippen LogP contribution in [0.4, 0.5) is 5.69 Å². The minimum Gasteiger partial charge on any atom is -0.423 e. The molecule has 0 aliphatic heterocycles. The summed E-state index contributed by atoms with van der Waals surface area (Å²) in [6.45, 7) is 2.04. The largest absolute Gasteiger partial charge is 0.423 e. The van der Waals surface area contributed by atoms with E-state index in [0.717, 1.165) is 28.3 Å². The Morgan fingerprint density at radius 2 is 1.92 bits per heavy atom. The molecule has 0 radical (unpaired) electrons. The van der Waals surface area contributed by atoms with Gasteiger partial charge in [0.05, 0.1) is 11.3 Å². The number of nitrogen functional groups attached to an aromatic ring is 1. The van der Waals surface area contributed by atoms with Gasteiger partial charge in [-0.2, -0.15) is 0 Å². The van der Waals surface area contributed by atoms with Gasteiger partial charge in [0.25, 0.3) is 0 Å². The van der Waals surface area contributed by atoms with E-state index in [1.807, 2.05) is 37.4 Å². The number of esters is 1. The summed E-state index contributed by atoms with van der Waals surface area (Å²) < 4.78 is 5.51. The molecule has 5 heteroatoms. The van der Waals surface area contributed by atoms with E-state index in [9.17, 15) is 4.79 Å². The van der Waals surface area contributed by atoms with Crippen LogP contribution in [0.25, 0.3) is 11.3 Å². The molecular formula is C20H20N2O2S. The Morgan fingerprint density at radius 1 is 1.16 bits per heavy atom. The normalized spacial score (nSPS) is 10.6. The van der Waals surface area contributed by atoms with Crippen LogP contribution in [0.2, 0.25) is 0 Å². The summed E-state index contributed by atoms with van der Waals surface area (Å²) in [5.41, 5.74) is 9.58. The minimum atomic E-state index is -0.384. The fraction of sp³-hybridized carbons (Fsp3) is 0.150. The van der Waals surface area contributed by atoms with Crippen molar-refractivity contribution in [3.63, 3.8) is 0 Å². The maximum absolute atomic E-state index is 12.7. The summed E-state index contributed by atoms with van der Waals surface area (Å²) in [7, 11) is 0. The molecule has 0 aliphatic carbocycles. The highest BCUT2D eigenvalue weighted by Crippen LogP contribution is 2.28. The molecule has 0 spiro atoms. The number of aromatic nitrogens is 1. The number of ether oxygens (including phenoxy) is 1. The molecule has 0 fully saturated rings. The number of anilines is 1. The molecule has 0 saturated carbocycles. The summed E-state index contributed by atoms with van der Waals surface area (Å²) in [6, 6.07) is 16.7. The Hall–Kier alpha value is -2.66. The molecule has 0 bridgehead atoms. The van der Waals surface area contributed by atoms with Crippen molar-refractivity contribution in [3.8, 4) is 17.0 Å². The van der Waals surface area contributed by atoms with Gasteiger partial charge in [0, 0.05) is 16.3 Å². The van der Waals surface area contributed by atoms with Crippen LogP contribution < -0.4 is 10.5 Å². The summed E-state index contributed by atoms with van der Waals surface area (Å²) in [4.78, 5) is 17.2. The lowest BCUT2D eigenvalue weighted by Gasteiger charge is -2.07. The standard InChI is InChI=1S/C20H20N2O2S/c1-3-15-12-18(20(23)24-16-9-7-14(21)8-10-16)19(22-15)13-5-4-6-17(11-13)25-2/h4-12,22H,3,21H2,1-2H3. The monoisotopic (exact) mass is 352 g/mol. The zero-order valence-electron chi connectivity index (χ0n) is 14.2. The lowest BCUT2D eigenvalue weighted by atomic mass is 10.1. The van der Waals surface area contributed by atoms with Crippen LogP contribution in [0.5, 0.6) is 5.75 Å². The third-order valence-electron chi connectivity index (χ3n) is 3.92. The van der Waals surface area contributed by atoms with Crippen LogP contribution in [-0.4, -0.2) is 17.2 Å². The molecule has 0 saturated heterocycles. The first-order valence-corrected chi connectivity index (χ1v) is 9.27. The van der Waals surface area contributed by atoms with Gasteiger partial charge in [-0.25, -0.2) is 4.79 Å². The molecule has 0 aliphatic rings. The van der Waals surface area contributed by atoms with Crippen molar-refractivity contribution in [2.45, 2.75) is 18.2 Å². The third kappa shape index (κ3) is 3.88. The average Bonchev–Trinajstić information content (AvgIpc) is 3.08. The van der Waals surface area contributed by atoms with E-state index >= 15 is 0 Å². The van der Waals surface area contributed by atoms with E-state index in [0.29, 0.717) is 17.0 Å². The van der Waals surface area contributed by atoms with Crippen molar-refractivity contribution >= 4 is 23.4 Å². The van der Waals surface area contributed by atoms with Gasteiger partial charge < -0.3 is 15.5 Å². The highest BCUT2D eigenvalue weighted by molar-refractivity contribution is 7.98. The number of carbonyl (C=O) groups is 1. The van der Waals surface area contributed by atoms with Crippen LogP contribution >= 0.6 is 11.8 Å². The first-order chi connectivity index (χ1) is 12.1. The molecule has 1 heterocycles. The summed E-state index contributed by atoms with van der Waals surface area (Å²) >= 11 is 1.67. The molecule has 0 unspecified atom stereocenters. The topological polar surface area (TPSA) is 68.1 Å². The number of aryl methyl sites for hydroxylation is 1. The SMILES string of the molecule is CCc1cc(C(=O)Oc2ccc(N)cc2)c(-c2cccc(SC)c2)[nH]1. The van der Waals surface area contributed by atoms with Crippen LogP contribution in [0, 0.1) is 0 Å². The quantitative estimate of drug-likeness (QED) is 0.300. The number of benzene rings is 2. The van der Waals surface area contributed by atoms with E-state index in [4.69, 9.17) is 10.5 Å². The van der Waals surface area contributed by atoms with Gasteiger partial charge in [0.2, 0.25) is 0 Å². The van der Waals surface area contributed by atoms with Gasteiger partial charge in [0.1, 0.15) is 5.75 Å².